The Bertz CT molecular complexity index is 1300. The number of nitrogens with one attached hydrogen (secondary N) is 1. The largest absolute Gasteiger partial charge is 0.388 e. The van der Waals surface area contributed by atoms with Gasteiger partial charge in [-0.25, -0.2) is 4.98 Å². The number of nitrogens with zero attached hydrogens (tertiary/aromatic N) is 4. The molecule has 8 nitrogen and oxygen atoms in total. The molecule has 3 aromatic rings. The number of rotatable bonds is 5. The highest BCUT2D eigenvalue weighted by Crippen LogP contribution is 2.33. The number of benzene rings is 1. The van der Waals surface area contributed by atoms with Crippen molar-refractivity contribution in [2.24, 2.45) is 5.92 Å². The lowest BCUT2D eigenvalue weighted by molar-refractivity contribution is -0.141. The minimum atomic E-state index is -1.07. The Labute approximate surface area is 204 Å². The molecule has 2 aromatic heterocycles. The van der Waals surface area contributed by atoms with E-state index in [0.29, 0.717) is 43.5 Å². The Morgan fingerprint density at radius 3 is 2.71 bits per heavy atom. The van der Waals surface area contributed by atoms with Crippen LogP contribution in [0, 0.1) is 18.3 Å². The van der Waals surface area contributed by atoms with E-state index in [9.17, 15) is 14.7 Å². The van der Waals surface area contributed by atoms with Crippen molar-refractivity contribution >= 4 is 16.9 Å². The summed E-state index contributed by atoms with van der Waals surface area (Å²) in [6.07, 6.45) is 10.3. The maximum absolute atomic E-state index is 13.5. The normalized spacial score (nSPS) is 22.1. The van der Waals surface area contributed by atoms with Gasteiger partial charge >= 0.3 is 0 Å². The maximum atomic E-state index is 13.5. The maximum Gasteiger partial charge on any atom is 0.262 e. The zero-order chi connectivity index (χ0) is 24.4. The lowest BCUT2D eigenvalue weighted by Gasteiger charge is -2.41. The molecule has 2 saturated heterocycles. The Morgan fingerprint density at radius 1 is 1.20 bits per heavy atom. The summed E-state index contributed by atoms with van der Waals surface area (Å²) in [6, 6.07) is 11.9. The number of terminal acetylenes is 1. The molecule has 4 heterocycles. The fourth-order valence-electron chi connectivity index (χ4n) is 5.50. The van der Waals surface area contributed by atoms with Crippen molar-refractivity contribution < 1.29 is 9.90 Å². The number of piperidine rings is 2. The van der Waals surface area contributed by atoms with Crippen LogP contribution in [0.3, 0.4) is 0 Å². The number of carbonyl (C=O) groups excluding carboxylic acids is 1. The summed E-state index contributed by atoms with van der Waals surface area (Å²) in [6.45, 7) is 3.07. The smallest absolute Gasteiger partial charge is 0.262 e. The van der Waals surface area contributed by atoms with Crippen LogP contribution in [0.5, 0.6) is 0 Å². The fourth-order valence-corrected chi connectivity index (χ4v) is 5.50. The molecular formula is C27H31N5O3. The zero-order valence-corrected chi connectivity index (χ0v) is 19.8. The molecule has 2 N–H and O–H groups in total. The van der Waals surface area contributed by atoms with Gasteiger partial charge in [0, 0.05) is 37.7 Å². The molecule has 2 atom stereocenters. The summed E-state index contributed by atoms with van der Waals surface area (Å²) in [5.74, 6) is 2.81. The molecule has 0 unspecified atom stereocenters. The second-order valence-electron chi connectivity index (χ2n) is 9.73. The van der Waals surface area contributed by atoms with Crippen molar-refractivity contribution in [1.82, 2.24) is 24.3 Å². The molecule has 1 aromatic carbocycles. The quantitative estimate of drug-likeness (QED) is 0.549. The van der Waals surface area contributed by atoms with Crippen LogP contribution in [0.15, 0.2) is 53.7 Å². The first-order valence-electron chi connectivity index (χ1n) is 12.2. The van der Waals surface area contributed by atoms with Crippen LogP contribution < -0.4 is 10.9 Å². The highest BCUT2D eigenvalue weighted by molar-refractivity contribution is 5.80. The molecule has 0 aliphatic carbocycles. The minimum Gasteiger partial charge on any atom is -0.388 e. The third kappa shape index (κ3) is 4.62. The first kappa shape index (κ1) is 23.3. The van der Waals surface area contributed by atoms with Gasteiger partial charge in [-0.1, -0.05) is 36.3 Å². The van der Waals surface area contributed by atoms with Gasteiger partial charge in [-0.05, 0) is 37.4 Å². The number of fused-ring (bicyclic) bond motifs is 1. The van der Waals surface area contributed by atoms with Gasteiger partial charge in [0.05, 0.1) is 24.1 Å². The number of hydrogen-bond donors (Lipinski definition) is 2. The minimum absolute atomic E-state index is 0.0638. The number of likely N-dealkylation sites (tertiary alicyclic amines) is 1. The van der Waals surface area contributed by atoms with E-state index in [0.717, 1.165) is 19.5 Å². The second-order valence-corrected chi connectivity index (χ2v) is 9.73. The van der Waals surface area contributed by atoms with E-state index in [-0.39, 0.29) is 29.8 Å². The van der Waals surface area contributed by atoms with Gasteiger partial charge in [-0.2, -0.15) is 0 Å². The monoisotopic (exact) mass is 473 g/mol. The molecule has 35 heavy (non-hydrogen) atoms. The predicted molar refractivity (Wildman–Crippen MR) is 134 cm³/mol. The van der Waals surface area contributed by atoms with Gasteiger partial charge < -0.3 is 19.9 Å². The fraction of sp³-hybridized carbons (Fsp3) is 0.444. The summed E-state index contributed by atoms with van der Waals surface area (Å²) in [5, 5.41) is 15.2. The number of aliphatic hydroxyl groups is 1. The van der Waals surface area contributed by atoms with E-state index in [1.165, 1.54) is 16.5 Å². The first-order valence-corrected chi connectivity index (χ1v) is 12.2. The summed E-state index contributed by atoms with van der Waals surface area (Å²) >= 11 is 0. The number of amides is 1. The third-order valence-corrected chi connectivity index (χ3v) is 7.50. The molecular weight excluding hydrogens is 442 g/mol. The molecule has 5 rings (SSSR count). The van der Waals surface area contributed by atoms with Gasteiger partial charge in [0.2, 0.25) is 5.91 Å². The Kier molecular flexibility index (Phi) is 6.46. The molecule has 0 radical (unpaired) electrons. The molecule has 2 fully saturated rings. The van der Waals surface area contributed by atoms with E-state index in [4.69, 9.17) is 6.42 Å². The molecule has 2 aliphatic heterocycles. The Morgan fingerprint density at radius 2 is 1.97 bits per heavy atom. The molecule has 0 saturated carbocycles. The van der Waals surface area contributed by atoms with E-state index in [2.05, 4.69) is 28.4 Å². The van der Waals surface area contributed by atoms with Gasteiger partial charge in [-0.3, -0.25) is 14.2 Å². The summed E-state index contributed by atoms with van der Waals surface area (Å²) in [4.78, 5) is 32.8. The highest BCUT2D eigenvalue weighted by Gasteiger charge is 2.39. The zero-order valence-electron chi connectivity index (χ0n) is 19.8. The average molecular weight is 474 g/mol. The lowest BCUT2D eigenvalue weighted by Crippen LogP contribution is -2.52. The standard InChI is InChI=1S/C27H31N5O3/c1-2-13-30-14-9-22-24(30)29-19-32(26(22)34)18-27(35)10-15-31(16-11-27)25(33)21-8-12-28-17-23(21)20-6-4-3-5-7-20/h1,3-7,9,14,19,21,23,28,35H,8,10-13,15-18H2/t21-,23+/m1/s1. The molecule has 2 aliphatic rings. The number of aromatic nitrogens is 3. The number of hydrogen-bond acceptors (Lipinski definition) is 5. The van der Waals surface area contributed by atoms with Crippen LogP contribution in [0.4, 0.5) is 0 Å². The SMILES string of the molecule is C#CCn1ccc2c(=O)n(CC3(O)CCN(C(=O)[C@@H]4CCNC[C@H]4c4ccccc4)CC3)cnc21. The molecule has 8 heteroatoms. The Balaban J connectivity index is 1.26. The predicted octanol–water partition coefficient (Wildman–Crippen LogP) is 1.58. The molecule has 182 valence electrons. The van der Waals surface area contributed by atoms with Crippen LogP contribution in [-0.2, 0) is 17.9 Å². The van der Waals surface area contributed by atoms with Crippen molar-refractivity contribution in [2.75, 3.05) is 26.2 Å². The van der Waals surface area contributed by atoms with Crippen molar-refractivity contribution in [3.63, 3.8) is 0 Å². The summed E-state index contributed by atoms with van der Waals surface area (Å²) in [7, 11) is 0. The molecule has 0 spiro atoms. The summed E-state index contributed by atoms with van der Waals surface area (Å²) in [5.41, 5.74) is 0.471. The van der Waals surface area contributed by atoms with Gasteiger partial charge in [0.25, 0.3) is 5.56 Å². The highest BCUT2D eigenvalue weighted by atomic mass is 16.3. The van der Waals surface area contributed by atoms with Crippen LogP contribution in [0.25, 0.3) is 11.0 Å². The first-order chi connectivity index (χ1) is 17.0. The number of carbonyl (C=O) groups is 1. The van der Waals surface area contributed by atoms with Crippen molar-refractivity contribution in [3.05, 3.63) is 64.8 Å². The molecule has 1 amide bonds. The van der Waals surface area contributed by atoms with E-state index >= 15 is 0 Å². The average Bonchev–Trinajstić information content (AvgIpc) is 3.30. The lowest BCUT2D eigenvalue weighted by atomic mass is 9.80. The second kappa shape index (κ2) is 9.68. The van der Waals surface area contributed by atoms with Crippen LogP contribution in [0.2, 0.25) is 0 Å². The van der Waals surface area contributed by atoms with Gasteiger partial charge in [-0.15, -0.1) is 6.42 Å². The van der Waals surface area contributed by atoms with Crippen molar-refractivity contribution in [3.8, 4) is 12.3 Å². The van der Waals surface area contributed by atoms with Crippen molar-refractivity contribution in [1.29, 1.82) is 0 Å². The molecule has 0 bridgehead atoms. The van der Waals surface area contributed by atoms with Crippen molar-refractivity contribution in [2.45, 2.75) is 43.9 Å². The van der Waals surface area contributed by atoms with E-state index < -0.39 is 5.60 Å². The van der Waals surface area contributed by atoms with Gasteiger partial charge in [0.1, 0.15) is 12.0 Å². The van der Waals surface area contributed by atoms with Crippen LogP contribution in [0.1, 0.15) is 30.7 Å². The van der Waals surface area contributed by atoms with E-state index in [1.807, 2.05) is 23.1 Å². The topological polar surface area (TPSA) is 92.4 Å². The third-order valence-electron chi connectivity index (χ3n) is 7.50. The van der Waals surface area contributed by atoms with E-state index in [1.54, 1.807) is 16.8 Å². The van der Waals surface area contributed by atoms with Crippen LogP contribution >= 0.6 is 0 Å². The van der Waals surface area contributed by atoms with Crippen LogP contribution in [-0.4, -0.2) is 61.8 Å². The summed E-state index contributed by atoms with van der Waals surface area (Å²) < 4.78 is 3.22. The Hall–Kier alpha value is -3.41. The van der Waals surface area contributed by atoms with Gasteiger partial charge in [0.15, 0.2) is 0 Å².